The first-order valence-corrected chi connectivity index (χ1v) is 10.1. The van der Waals surface area contributed by atoms with Gasteiger partial charge in [-0.05, 0) is 59.7 Å². The van der Waals surface area contributed by atoms with Crippen molar-refractivity contribution in [3.63, 3.8) is 0 Å². The van der Waals surface area contributed by atoms with E-state index in [-0.39, 0.29) is 12.5 Å². The van der Waals surface area contributed by atoms with Gasteiger partial charge in [-0.3, -0.25) is 4.79 Å². The standard InChI is InChI=1S/C19H22N6OS/c1-14-6-9-24(10-7-14)17-4-2-16(3-5-17)20-18(26)12-25-22-19(21-23-25)15-8-11-27-13-15/h2-5,8,11,13-14H,6-7,9-10,12H2,1H3,(H,20,26). The van der Waals surface area contributed by atoms with E-state index in [1.807, 2.05) is 29.0 Å². The topological polar surface area (TPSA) is 75.9 Å². The molecule has 8 heteroatoms. The molecule has 3 aromatic rings. The summed E-state index contributed by atoms with van der Waals surface area (Å²) in [7, 11) is 0. The molecule has 0 atom stereocenters. The van der Waals surface area contributed by atoms with Gasteiger partial charge in [0.2, 0.25) is 11.7 Å². The maximum Gasteiger partial charge on any atom is 0.248 e. The summed E-state index contributed by atoms with van der Waals surface area (Å²) in [6, 6.07) is 9.94. The van der Waals surface area contributed by atoms with Gasteiger partial charge in [-0.1, -0.05) is 6.92 Å². The maximum absolute atomic E-state index is 12.3. The molecular formula is C19H22N6OS. The summed E-state index contributed by atoms with van der Waals surface area (Å²) >= 11 is 1.57. The second-order valence-electron chi connectivity index (χ2n) is 6.92. The first-order chi connectivity index (χ1) is 13.2. The number of anilines is 2. The van der Waals surface area contributed by atoms with Crippen molar-refractivity contribution in [3.05, 3.63) is 41.1 Å². The molecule has 0 unspecified atom stereocenters. The molecule has 7 nitrogen and oxygen atoms in total. The van der Waals surface area contributed by atoms with Crippen molar-refractivity contribution >= 4 is 28.6 Å². The number of aromatic nitrogens is 4. The number of rotatable bonds is 5. The molecule has 140 valence electrons. The zero-order chi connectivity index (χ0) is 18.6. The number of amides is 1. The van der Waals surface area contributed by atoms with E-state index < -0.39 is 0 Å². The first-order valence-electron chi connectivity index (χ1n) is 9.12. The Morgan fingerprint density at radius 2 is 2.00 bits per heavy atom. The largest absolute Gasteiger partial charge is 0.372 e. The molecule has 0 aliphatic carbocycles. The Hall–Kier alpha value is -2.74. The molecule has 1 saturated heterocycles. The van der Waals surface area contributed by atoms with Crippen LogP contribution in [0.1, 0.15) is 19.8 Å². The van der Waals surface area contributed by atoms with Gasteiger partial charge in [0.15, 0.2) is 0 Å². The SMILES string of the molecule is CC1CCN(c2ccc(NC(=O)Cn3nnc(-c4ccsc4)n3)cc2)CC1. The molecule has 1 aliphatic heterocycles. The van der Waals surface area contributed by atoms with Gasteiger partial charge in [0, 0.05) is 35.4 Å². The molecule has 0 spiro atoms. The number of nitrogens with zero attached hydrogens (tertiary/aromatic N) is 5. The lowest BCUT2D eigenvalue weighted by atomic mass is 9.99. The highest BCUT2D eigenvalue weighted by Crippen LogP contribution is 2.24. The van der Waals surface area contributed by atoms with Crippen molar-refractivity contribution in [1.82, 2.24) is 20.2 Å². The van der Waals surface area contributed by atoms with Crippen LogP contribution in [0.3, 0.4) is 0 Å². The van der Waals surface area contributed by atoms with E-state index in [1.54, 1.807) is 11.3 Å². The Morgan fingerprint density at radius 1 is 1.22 bits per heavy atom. The highest BCUT2D eigenvalue weighted by Gasteiger charge is 2.16. The van der Waals surface area contributed by atoms with Crippen LogP contribution in [0.2, 0.25) is 0 Å². The van der Waals surface area contributed by atoms with Crippen LogP contribution >= 0.6 is 11.3 Å². The van der Waals surface area contributed by atoms with Crippen molar-refractivity contribution in [2.45, 2.75) is 26.3 Å². The second-order valence-corrected chi connectivity index (χ2v) is 7.70. The van der Waals surface area contributed by atoms with E-state index >= 15 is 0 Å². The first kappa shape index (κ1) is 17.7. The minimum atomic E-state index is -0.177. The van der Waals surface area contributed by atoms with Gasteiger partial charge >= 0.3 is 0 Å². The van der Waals surface area contributed by atoms with Gasteiger partial charge < -0.3 is 10.2 Å². The molecule has 0 radical (unpaired) electrons. The molecule has 1 fully saturated rings. The molecule has 0 saturated carbocycles. The summed E-state index contributed by atoms with van der Waals surface area (Å²) in [5.74, 6) is 1.17. The second kappa shape index (κ2) is 7.87. The Bertz CT molecular complexity index is 881. The number of benzene rings is 1. The smallest absolute Gasteiger partial charge is 0.248 e. The highest BCUT2D eigenvalue weighted by molar-refractivity contribution is 7.08. The lowest BCUT2D eigenvalue weighted by Crippen LogP contribution is -2.32. The maximum atomic E-state index is 12.3. The fraction of sp³-hybridized carbons (Fsp3) is 0.368. The Kier molecular flexibility index (Phi) is 5.15. The third-order valence-corrected chi connectivity index (χ3v) is 5.50. The number of carbonyl (C=O) groups is 1. The van der Waals surface area contributed by atoms with Crippen molar-refractivity contribution < 1.29 is 4.79 Å². The Balaban J connectivity index is 1.33. The summed E-state index contributed by atoms with van der Waals surface area (Å²) in [5, 5.41) is 19.0. The third kappa shape index (κ3) is 4.33. The van der Waals surface area contributed by atoms with Crippen molar-refractivity contribution in [2.75, 3.05) is 23.3 Å². The quantitative estimate of drug-likeness (QED) is 0.733. The van der Waals surface area contributed by atoms with Gasteiger partial charge in [-0.2, -0.15) is 16.1 Å². The van der Waals surface area contributed by atoms with Crippen LogP contribution in [0.5, 0.6) is 0 Å². The number of hydrogen-bond acceptors (Lipinski definition) is 6. The molecule has 3 heterocycles. The van der Waals surface area contributed by atoms with E-state index in [4.69, 9.17) is 0 Å². The predicted molar refractivity (Wildman–Crippen MR) is 107 cm³/mol. The molecule has 1 N–H and O–H groups in total. The summed E-state index contributed by atoms with van der Waals surface area (Å²) in [6.07, 6.45) is 2.47. The zero-order valence-corrected chi connectivity index (χ0v) is 16.0. The van der Waals surface area contributed by atoms with Gasteiger partial charge in [0.1, 0.15) is 6.54 Å². The third-order valence-electron chi connectivity index (χ3n) is 4.82. The number of piperidine rings is 1. The number of thiophene rings is 1. The number of tetrazole rings is 1. The Labute approximate surface area is 162 Å². The minimum absolute atomic E-state index is 0.0307. The van der Waals surface area contributed by atoms with E-state index in [2.05, 4.69) is 44.7 Å². The van der Waals surface area contributed by atoms with Gasteiger partial charge in [-0.25, -0.2) is 0 Å². The van der Waals surface area contributed by atoms with Gasteiger partial charge in [0.05, 0.1) is 0 Å². The number of nitrogens with one attached hydrogen (secondary N) is 1. The van der Waals surface area contributed by atoms with Crippen LogP contribution < -0.4 is 10.2 Å². The van der Waals surface area contributed by atoms with E-state index in [9.17, 15) is 4.79 Å². The van der Waals surface area contributed by atoms with Crippen LogP contribution in [0.25, 0.3) is 11.4 Å². The fourth-order valence-electron chi connectivity index (χ4n) is 3.17. The summed E-state index contributed by atoms with van der Waals surface area (Å²) in [4.78, 5) is 16.0. The molecule has 1 aromatic carbocycles. The predicted octanol–water partition coefficient (Wildman–Crippen LogP) is 3.28. The van der Waals surface area contributed by atoms with E-state index in [0.29, 0.717) is 5.82 Å². The average molecular weight is 382 g/mol. The highest BCUT2D eigenvalue weighted by atomic mass is 32.1. The van der Waals surface area contributed by atoms with Gasteiger partial charge in [-0.15, -0.1) is 10.2 Å². The fourth-order valence-corrected chi connectivity index (χ4v) is 3.80. The van der Waals surface area contributed by atoms with Crippen LogP contribution in [0.15, 0.2) is 41.1 Å². The average Bonchev–Trinajstić information content (AvgIpc) is 3.35. The monoisotopic (exact) mass is 382 g/mol. The van der Waals surface area contributed by atoms with Gasteiger partial charge in [0.25, 0.3) is 0 Å². The Morgan fingerprint density at radius 3 is 2.70 bits per heavy atom. The lowest BCUT2D eigenvalue weighted by molar-refractivity contribution is -0.117. The molecule has 1 aliphatic rings. The van der Waals surface area contributed by atoms with E-state index in [0.717, 1.165) is 30.3 Å². The number of carbonyl (C=O) groups excluding carboxylic acids is 1. The zero-order valence-electron chi connectivity index (χ0n) is 15.2. The molecule has 2 aromatic heterocycles. The summed E-state index contributed by atoms with van der Waals surface area (Å²) in [5.41, 5.74) is 2.89. The van der Waals surface area contributed by atoms with Crippen LogP contribution in [0.4, 0.5) is 11.4 Å². The molecular weight excluding hydrogens is 360 g/mol. The molecule has 27 heavy (non-hydrogen) atoms. The van der Waals surface area contributed by atoms with Crippen LogP contribution in [0, 0.1) is 5.92 Å². The molecule has 4 rings (SSSR count). The van der Waals surface area contributed by atoms with Crippen molar-refractivity contribution in [1.29, 1.82) is 0 Å². The normalized spacial score (nSPS) is 15.1. The van der Waals surface area contributed by atoms with E-state index in [1.165, 1.54) is 23.3 Å². The molecule has 0 bridgehead atoms. The van der Waals surface area contributed by atoms with Crippen LogP contribution in [-0.4, -0.2) is 39.2 Å². The summed E-state index contributed by atoms with van der Waals surface area (Å²) in [6.45, 7) is 4.53. The molecule has 1 amide bonds. The number of hydrogen-bond donors (Lipinski definition) is 1. The van der Waals surface area contributed by atoms with Crippen molar-refractivity contribution in [2.24, 2.45) is 5.92 Å². The van der Waals surface area contributed by atoms with Crippen molar-refractivity contribution in [3.8, 4) is 11.4 Å². The van der Waals surface area contributed by atoms with Crippen LogP contribution in [-0.2, 0) is 11.3 Å². The lowest BCUT2D eigenvalue weighted by Gasteiger charge is -2.32. The minimum Gasteiger partial charge on any atom is -0.372 e. The summed E-state index contributed by atoms with van der Waals surface area (Å²) < 4.78 is 0.